The average Bonchev–Trinajstić information content (AvgIpc) is 3.80. The Morgan fingerprint density at radius 3 is 2.59 bits per heavy atom. The summed E-state index contributed by atoms with van der Waals surface area (Å²) < 4.78 is 55.3. The van der Waals surface area contributed by atoms with E-state index in [-0.39, 0.29) is 40.8 Å². The number of fused-ring (bicyclic) bond motifs is 2. The molecular formula is C35H41F2N5O4. The number of benzene rings is 2. The van der Waals surface area contributed by atoms with Gasteiger partial charge in [0.25, 0.3) is 0 Å². The smallest absolute Gasteiger partial charge is 0.319 e. The summed E-state index contributed by atoms with van der Waals surface area (Å²) in [6.45, 7) is 5.40. The molecule has 46 heavy (non-hydrogen) atoms. The van der Waals surface area contributed by atoms with Gasteiger partial charge in [-0.1, -0.05) is 13.0 Å². The molecule has 244 valence electrons. The van der Waals surface area contributed by atoms with E-state index in [9.17, 15) is 0 Å². The van der Waals surface area contributed by atoms with Crippen LogP contribution in [-0.4, -0.2) is 86.3 Å². The number of anilines is 1. The van der Waals surface area contributed by atoms with Gasteiger partial charge in [0.1, 0.15) is 28.6 Å². The van der Waals surface area contributed by atoms with Crippen molar-refractivity contribution in [1.82, 2.24) is 19.9 Å². The fourth-order valence-electron chi connectivity index (χ4n) is 7.15. The van der Waals surface area contributed by atoms with Gasteiger partial charge in [-0.25, -0.2) is 8.78 Å². The van der Waals surface area contributed by atoms with Crippen LogP contribution in [0.1, 0.15) is 44.6 Å². The van der Waals surface area contributed by atoms with Gasteiger partial charge >= 0.3 is 6.01 Å². The third-order valence-corrected chi connectivity index (χ3v) is 9.66. The Kier molecular flexibility index (Phi) is 8.19. The van der Waals surface area contributed by atoms with Gasteiger partial charge in [0.05, 0.1) is 24.2 Å². The van der Waals surface area contributed by atoms with Crippen LogP contribution in [0.5, 0.6) is 11.8 Å². The van der Waals surface area contributed by atoms with Gasteiger partial charge in [0, 0.05) is 50.3 Å². The van der Waals surface area contributed by atoms with Crippen molar-refractivity contribution in [1.29, 1.82) is 0 Å². The Balaban J connectivity index is 1.38. The number of aromatic nitrogens is 3. The predicted octanol–water partition coefficient (Wildman–Crippen LogP) is 6.15. The van der Waals surface area contributed by atoms with Crippen molar-refractivity contribution in [3.05, 3.63) is 47.7 Å². The Morgan fingerprint density at radius 1 is 1.07 bits per heavy atom. The minimum atomic E-state index is -0.622. The minimum absolute atomic E-state index is 0.00798. The largest absolute Gasteiger partial charge is 0.468 e. The van der Waals surface area contributed by atoms with Crippen LogP contribution in [-0.2, 0) is 15.9 Å². The van der Waals surface area contributed by atoms with E-state index >= 15 is 8.78 Å². The van der Waals surface area contributed by atoms with Crippen LogP contribution in [0.25, 0.3) is 32.9 Å². The maximum absolute atomic E-state index is 17.0. The molecular weight excluding hydrogens is 592 g/mol. The van der Waals surface area contributed by atoms with Crippen molar-refractivity contribution in [2.24, 2.45) is 5.41 Å². The zero-order valence-corrected chi connectivity index (χ0v) is 27.0. The quantitative estimate of drug-likeness (QED) is 0.181. The van der Waals surface area contributed by atoms with E-state index in [1.165, 1.54) is 13.2 Å². The lowest BCUT2D eigenvalue weighted by atomic mass is 9.86. The lowest BCUT2D eigenvalue weighted by Crippen LogP contribution is -2.56. The van der Waals surface area contributed by atoms with E-state index in [2.05, 4.69) is 33.9 Å². The van der Waals surface area contributed by atoms with Crippen LogP contribution in [0, 0.1) is 17.0 Å². The zero-order chi connectivity index (χ0) is 32.1. The number of aryl methyl sites for hydroxylation is 1. The van der Waals surface area contributed by atoms with Gasteiger partial charge in [-0.2, -0.15) is 9.97 Å². The Bertz CT molecular complexity index is 1780. The highest BCUT2D eigenvalue weighted by Gasteiger charge is 2.45. The second-order valence-electron chi connectivity index (χ2n) is 13.3. The number of rotatable bonds is 11. The molecule has 9 nitrogen and oxygen atoms in total. The summed E-state index contributed by atoms with van der Waals surface area (Å²) >= 11 is 0. The molecule has 1 unspecified atom stereocenters. The molecule has 0 bridgehead atoms. The van der Waals surface area contributed by atoms with Crippen LogP contribution in [0.2, 0.25) is 0 Å². The van der Waals surface area contributed by atoms with Gasteiger partial charge in [-0.15, -0.1) is 0 Å². The monoisotopic (exact) mass is 633 g/mol. The van der Waals surface area contributed by atoms with E-state index in [0.29, 0.717) is 58.4 Å². The summed E-state index contributed by atoms with van der Waals surface area (Å²) in [6, 6.07) is 6.74. The molecule has 1 saturated carbocycles. The van der Waals surface area contributed by atoms with E-state index < -0.39 is 5.82 Å². The number of hydrogen-bond donors (Lipinski definition) is 0. The molecule has 1 aliphatic carbocycles. The highest BCUT2D eigenvalue weighted by Crippen LogP contribution is 2.47. The molecule has 4 aromatic rings. The summed E-state index contributed by atoms with van der Waals surface area (Å²) in [7, 11) is 5.64. The highest BCUT2D eigenvalue weighted by atomic mass is 19.1. The summed E-state index contributed by atoms with van der Waals surface area (Å²) in [6.07, 6.45) is 7.09. The SMILES string of the molecule is CCc1c(F)ccc2cc(OCOC)cc(-c3ncc4c(N5CCCC6(CCO6)C5)nc(OCC5(CN(C)C)CC5)nc4c3F)c12. The lowest BCUT2D eigenvalue weighted by molar-refractivity contribution is -0.151. The Hall–Kier alpha value is -3.67. The Morgan fingerprint density at radius 2 is 1.89 bits per heavy atom. The molecule has 4 heterocycles. The molecule has 0 radical (unpaired) electrons. The molecule has 1 spiro atoms. The molecule has 2 aromatic carbocycles. The number of methoxy groups -OCH3 is 1. The van der Waals surface area contributed by atoms with Gasteiger partial charge in [-0.05, 0) is 80.7 Å². The zero-order valence-electron chi connectivity index (χ0n) is 27.0. The van der Waals surface area contributed by atoms with Crippen molar-refractivity contribution in [2.45, 2.75) is 51.0 Å². The standard InChI is InChI=1S/C35H41F2N5O4/c1-5-24-27(36)8-7-22-15-23(45-21-43-4)16-25(28(22)24)30-29(37)31-26(17-38-30)32(42-13-6-9-35(19-42)12-14-46-35)40-33(39-31)44-20-34(10-11-34)18-41(2)3/h7-8,15-17H,5-6,9-14,18-21H2,1-4H3. The van der Waals surface area contributed by atoms with E-state index in [0.717, 1.165) is 51.8 Å². The fourth-order valence-corrected chi connectivity index (χ4v) is 7.15. The van der Waals surface area contributed by atoms with Crippen LogP contribution in [0.3, 0.4) is 0 Å². The summed E-state index contributed by atoms with van der Waals surface area (Å²) in [5.41, 5.74) is 0.913. The van der Waals surface area contributed by atoms with E-state index in [1.54, 1.807) is 24.4 Å². The van der Waals surface area contributed by atoms with Crippen LogP contribution in [0.4, 0.5) is 14.6 Å². The molecule has 0 N–H and O–H groups in total. The van der Waals surface area contributed by atoms with Crippen molar-refractivity contribution in [3.8, 4) is 23.0 Å². The average molecular weight is 634 g/mol. The van der Waals surface area contributed by atoms with Gasteiger partial charge in [0.2, 0.25) is 0 Å². The van der Waals surface area contributed by atoms with Crippen molar-refractivity contribution >= 4 is 27.5 Å². The maximum Gasteiger partial charge on any atom is 0.319 e. The maximum atomic E-state index is 17.0. The van der Waals surface area contributed by atoms with Crippen LogP contribution >= 0.6 is 0 Å². The predicted molar refractivity (Wildman–Crippen MR) is 173 cm³/mol. The second-order valence-corrected chi connectivity index (χ2v) is 13.3. The lowest BCUT2D eigenvalue weighted by Gasteiger charge is -2.48. The molecule has 11 heteroatoms. The topological polar surface area (TPSA) is 82.1 Å². The fraction of sp³-hybridized carbons (Fsp3) is 0.514. The number of halogens is 2. The van der Waals surface area contributed by atoms with Gasteiger partial charge < -0.3 is 28.7 Å². The number of ether oxygens (including phenoxy) is 4. The molecule has 3 fully saturated rings. The molecule has 1 atom stereocenters. The molecule has 0 amide bonds. The molecule has 2 aliphatic heterocycles. The van der Waals surface area contributed by atoms with Crippen molar-refractivity contribution < 1.29 is 27.7 Å². The number of nitrogens with zero attached hydrogens (tertiary/aromatic N) is 5. The van der Waals surface area contributed by atoms with Gasteiger partial charge in [0.15, 0.2) is 12.6 Å². The number of piperidine rings is 1. The first kappa shape index (κ1) is 31.0. The summed E-state index contributed by atoms with van der Waals surface area (Å²) in [4.78, 5) is 18.5. The van der Waals surface area contributed by atoms with Gasteiger partial charge in [-0.3, -0.25) is 4.98 Å². The van der Waals surface area contributed by atoms with Crippen molar-refractivity contribution in [3.63, 3.8) is 0 Å². The first-order valence-corrected chi connectivity index (χ1v) is 16.1. The second kappa shape index (κ2) is 12.2. The molecule has 2 saturated heterocycles. The van der Waals surface area contributed by atoms with E-state index in [4.69, 9.17) is 23.9 Å². The van der Waals surface area contributed by atoms with E-state index in [1.807, 2.05) is 6.92 Å². The van der Waals surface area contributed by atoms with Crippen LogP contribution < -0.4 is 14.4 Å². The Labute approximate surface area is 267 Å². The third-order valence-electron chi connectivity index (χ3n) is 9.66. The number of pyridine rings is 1. The summed E-state index contributed by atoms with van der Waals surface area (Å²) in [5.74, 6) is 0.0737. The molecule has 3 aliphatic rings. The highest BCUT2D eigenvalue weighted by molar-refractivity contribution is 6.01. The number of hydrogen-bond acceptors (Lipinski definition) is 9. The molecule has 2 aromatic heterocycles. The minimum Gasteiger partial charge on any atom is -0.468 e. The first-order valence-electron chi connectivity index (χ1n) is 16.1. The van der Waals surface area contributed by atoms with Crippen LogP contribution in [0.15, 0.2) is 30.5 Å². The molecule has 7 rings (SSSR count). The first-order chi connectivity index (χ1) is 22.2. The normalized spacial score (nSPS) is 20.5. The third kappa shape index (κ3) is 5.73. The van der Waals surface area contributed by atoms with Crippen molar-refractivity contribution in [2.75, 3.05) is 65.7 Å². The summed E-state index contributed by atoms with van der Waals surface area (Å²) in [5, 5.41) is 1.80.